The van der Waals surface area contributed by atoms with Gasteiger partial charge < -0.3 is 14.8 Å². The average molecular weight is 325 g/mol. The largest absolute Gasteiger partial charge is 0.497 e. The third kappa shape index (κ3) is 4.23. The van der Waals surface area contributed by atoms with Gasteiger partial charge in [0.1, 0.15) is 11.5 Å². The molecule has 0 heterocycles. The van der Waals surface area contributed by atoms with E-state index in [1.807, 2.05) is 0 Å². The molecule has 0 fully saturated rings. The van der Waals surface area contributed by atoms with Crippen molar-refractivity contribution < 1.29 is 19.1 Å². The van der Waals surface area contributed by atoms with Crippen LogP contribution in [0, 0.1) is 0 Å². The van der Waals surface area contributed by atoms with Crippen LogP contribution in [-0.4, -0.2) is 25.9 Å². The van der Waals surface area contributed by atoms with Gasteiger partial charge in [-0.3, -0.25) is 9.59 Å². The van der Waals surface area contributed by atoms with Gasteiger partial charge in [0.05, 0.1) is 19.9 Å². The van der Waals surface area contributed by atoms with E-state index in [-0.39, 0.29) is 11.7 Å². The zero-order chi connectivity index (χ0) is 17.5. The van der Waals surface area contributed by atoms with Gasteiger partial charge in [0, 0.05) is 17.2 Å². The number of amides is 1. The van der Waals surface area contributed by atoms with Crippen LogP contribution in [-0.2, 0) is 4.79 Å². The second-order valence-electron chi connectivity index (χ2n) is 5.03. The number of hydrogen-bond donors (Lipinski definition) is 1. The third-order valence-corrected chi connectivity index (χ3v) is 3.42. The first-order valence-corrected chi connectivity index (χ1v) is 7.36. The summed E-state index contributed by atoms with van der Waals surface area (Å²) in [4.78, 5) is 23.7. The summed E-state index contributed by atoms with van der Waals surface area (Å²) in [6, 6.07) is 12.2. The molecule has 0 aliphatic heterocycles. The number of carbonyl (C=O) groups is 2. The van der Waals surface area contributed by atoms with Crippen molar-refractivity contribution >= 4 is 23.5 Å². The van der Waals surface area contributed by atoms with Crippen molar-refractivity contribution in [1.82, 2.24) is 0 Å². The van der Waals surface area contributed by atoms with Gasteiger partial charge in [0.25, 0.3) is 0 Å². The molecule has 1 N–H and O–H groups in total. The van der Waals surface area contributed by atoms with Crippen molar-refractivity contribution in [3.63, 3.8) is 0 Å². The van der Waals surface area contributed by atoms with Gasteiger partial charge >= 0.3 is 0 Å². The molecule has 0 saturated heterocycles. The highest BCUT2D eigenvalue weighted by molar-refractivity contribution is 6.07. The van der Waals surface area contributed by atoms with Crippen LogP contribution in [0.15, 0.2) is 48.5 Å². The maximum absolute atomic E-state index is 12.1. The van der Waals surface area contributed by atoms with Crippen LogP contribution in [0.1, 0.15) is 22.8 Å². The quantitative estimate of drug-likeness (QED) is 0.651. The van der Waals surface area contributed by atoms with Crippen molar-refractivity contribution in [3.05, 3.63) is 59.7 Å². The molecule has 0 aliphatic rings. The van der Waals surface area contributed by atoms with E-state index >= 15 is 0 Å². The first-order chi connectivity index (χ1) is 11.5. The molecular weight excluding hydrogens is 306 g/mol. The minimum absolute atomic E-state index is 0.107. The molecule has 2 rings (SSSR count). The fourth-order valence-electron chi connectivity index (χ4n) is 2.21. The van der Waals surface area contributed by atoms with Crippen LogP contribution in [0.4, 0.5) is 5.69 Å². The molecule has 0 unspecified atom stereocenters. The number of carbonyl (C=O) groups excluding carboxylic acids is 2. The zero-order valence-electron chi connectivity index (χ0n) is 13.8. The Morgan fingerprint density at radius 3 is 2.46 bits per heavy atom. The topological polar surface area (TPSA) is 64.6 Å². The molecule has 0 aromatic heterocycles. The molecule has 5 nitrogen and oxygen atoms in total. The van der Waals surface area contributed by atoms with Crippen molar-refractivity contribution in [2.24, 2.45) is 0 Å². The zero-order valence-corrected chi connectivity index (χ0v) is 13.8. The van der Waals surface area contributed by atoms with Crippen LogP contribution in [0.25, 0.3) is 6.08 Å². The molecule has 0 aliphatic carbocycles. The van der Waals surface area contributed by atoms with Crippen LogP contribution in [0.5, 0.6) is 11.5 Å². The molecule has 0 radical (unpaired) electrons. The number of nitrogens with one attached hydrogen (secondary N) is 1. The predicted molar refractivity (Wildman–Crippen MR) is 93.7 cm³/mol. The Morgan fingerprint density at radius 2 is 1.79 bits per heavy atom. The molecule has 2 aromatic carbocycles. The van der Waals surface area contributed by atoms with Crippen molar-refractivity contribution in [2.45, 2.75) is 6.92 Å². The number of para-hydroxylation sites is 1. The van der Waals surface area contributed by atoms with E-state index in [2.05, 4.69) is 5.32 Å². The van der Waals surface area contributed by atoms with Crippen molar-refractivity contribution in [1.29, 1.82) is 0 Å². The summed E-state index contributed by atoms with van der Waals surface area (Å²) < 4.78 is 10.4. The van der Waals surface area contributed by atoms with Gasteiger partial charge in [-0.15, -0.1) is 0 Å². The van der Waals surface area contributed by atoms with Gasteiger partial charge in [0.2, 0.25) is 5.91 Å². The van der Waals surface area contributed by atoms with E-state index in [0.29, 0.717) is 28.3 Å². The third-order valence-electron chi connectivity index (χ3n) is 3.42. The van der Waals surface area contributed by atoms with Gasteiger partial charge in [-0.05, 0) is 43.3 Å². The standard InChI is InChI=1S/C19H19NO4/c1-13(21)16-6-4-5-7-17(16)20-19(22)11-8-14-12-15(23-2)9-10-18(14)24-3/h4-12H,1-3H3,(H,20,22). The summed E-state index contributed by atoms with van der Waals surface area (Å²) >= 11 is 0. The fraction of sp³-hybridized carbons (Fsp3) is 0.158. The summed E-state index contributed by atoms with van der Waals surface area (Å²) in [6.07, 6.45) is 3.02. The summed E-state index contributed by atoms with van der Waals surface area (Å²) in [5.74, 6) is 0.847. The van der Waals surface area contributed by atoms with E-state index in [9.17, 15) is 9.59 Å². The molecule has 124 valence electrons. The van der Waals surface area contributed by atoms with E-state index in [1.165, 1.54) is 13.0 Å². The van der Waals surface area contributed by atoms with Gasteiger partial charge in [-0.1, -0.05) is 12.1 Å². The molecule has 0 bridgehead atoms. The van der Waals surface area contributed by atoms with Crippen LogP contribution >= 0.6 is 0 Å². The number of ether oxygens (including phenoxy) is 2. The lowest BCUT2D eigenvalue weighted by Crippen LogP contribution is -2.11. The van der Waals surface area contributed by atoms with Gasteiger partial charge in [0.15, 0.2) is 5.78 Å². The second-order valence-corrected chi connectivity index (χ2v) is 5.03. The van der Waals surface area contributed by atoms with E-state index in [0.717, 1.165) is 0 Å². The lowest BCUT2D eigenvalue weighted by Gasteiger charge is -2.08. The monoisotopic (exact) mass is 325 g/mol. The Morgan fingerprint density at radius 1 is 1.04 bits per heavy atom. The molecule has 5 heteroatoms. The Kier molecular flexibility index (Phi) is 5.73. The van der Waals surface area contributed by atoms with Gasteiger partial charge in [-0.2, -0.15) is 0 Å². The van der Waals surface area contributed by atoms with Gasteiger partial charge in [-0.25, -0.2) is 0 Å². The summed E-state index contributed by atoms with van der Waals surface area (Å²) in [6.45, 7) is 1.46. The Balaban J connectivity index is 2.18. The molecule has 0 saturated carbocycles. The highest BCUT2D eigenvalue weighted by Crippen LogP contribution is 2.25. The van der Waals surface area contributed by atoms with Crippen LogP contribution < -0.4 is 14.8 Å². The normalized spacial score (nSPS) is 10.5. The Hall–Kier alpha value is -3.08. The number of hydrogen-bond acceptors (Lipinski definition) is 4. The SMILES string of the molecule is COc1ccc(OC)c(C=CC(=O)Nc2ccccc2C(C)=O)c1. The minimum atomic E-state index is -0.339. The van der Waals surface area contributed by atoms with Crippen molar-refractivity contribution in [3.8, 4) is 11.5 Å². The molecule has 0 atom stereocenters. The first-order valence-electron chi connectivity index (χ1n) is 7.36. The van der Waals surface area contributed by atoms with E-state index in [4.69, 9.17) is 9.47 Å². The van der Waals surface area contributed by atoms with Crippen LogP contribution in [0.3, 0.4) is 0 Å². The molecule has 1 amide bonds. The molecule has 2 aromatic rings. The van der Waals surface area contributed by atoms with Crippen molar-refractivity contribution in [2.75, 3.05) is 19.5 Å². The Bertz CT molecular complexity index is 781. The maximum atomic E-state index is 12.1. The maximum Gasteiger partial charge on any atom is 0.248 e. The number of ketones is 1. The van der Waals surface area contributed by atoms with E-state index < -0.39 is 0 Å². The lowest BCUT2D eigenvalue weighted by molar-refractivity contribution is -0.111. The smallest absolute Gasteiger partial charge is 0.248 e. The number of methoxy groups -OCH3 is 2. The number of rotatable bonds is 6. The highest BCUT2D eigenvalue weighted by Gasteiger charge is 2.08. The number of benzene rings is 2. The lowest BCUT2D eigenvalue weighted by atomic mass is 10.1. The summed E-state index contributed by atoms with van der Waals surface area (Å²) in [7, 11) is 3.13. The summed E-state index contributed by atoms with van der Waals surface area (Å²) in [5, 5.41) is 2.71. The molecule has 0 spiro atoms. The number of Topliss-reactive ketones (excluding diaryl/α,β-unsaturated/α-hetero) is 1. The molecule has 24 heavy (non-hydrogen) atoms. The predicted octanol–water partition coefficient (Wildman–Crippen LogP) is 3.56. The molecular formula is C19H19NO4. The summed E-state index contributed by atoms with van der Waals surface area (Å²) in [5.41, 5.74) is 1.67. The minimum Gasteiger partial charge on any atom is -0.497 e. The highest BCUT2D eigenvalue weighted by atomic mass is 16.5. The van der Waals surface area contributed by atoms with Crippen LogP contribution in [0.2, 0.25) is 0 Å². The fourth-order valence-corrected chi connectivity index (χ4v) is 2.21. The number of anilines is 1. The second kappa shape index (κ2) is 7.97. The first kappa shape index (κ1) is 17.3. The van der Waals surface area contributed by atoms with E-state index in [1.54, 1.807) is 62.8 Å². The Labute approximate surface area is 140 Å². The average Bonchev–Trinajstić information content (AvgIpc) is 2.59.